The average Bonchev–Trinajstić information content (AvgIpc) is 2.46. The fourth-order valence-corrected chi connectivity index (χ4v) is 2.98. The van der Waals surface area contributed by atoms with Crippen LogP contribution in [0.4, 0.5) is 4.39 Å². The van der Waals surface area contributed by atoms with E-state index in [1.165, 1.54) is 13.2 Å². The molecular weight excluding hydrogens is 313 g/mol. The molecule has 1 aliphatic rings. The van der Waals surface area contributed by atoms with Crippen molar-refractivity contribution in [3.8, 4) is 5.75 Å². The van der Waals surface area contributed by atoms with Crippen molar-refractivity contribution in [3.63, 3.8) is 0 Å². The molecule has 1 aromatic rings. The minimum atomic E-state index is -0.521. The van der Waals surface area contributed by atoms with Crippen LogP contribution in [0.25, 0.3) is 0 Å². The van der Waals surface area contributed by atoms with Gasteiger partial charge in [-0.15, -0.1) is 0 Å². The third-order valence-electron chi connectivity index (χ3n) is 3.53. The molecule has 0 radical (unpaired) electrons. The normalized spacial score (nSPS) is 16.5. The van der Waals surface area contributed by atoms with E-state index in [0.717, 1.165) is 18.2 Å². The number of ether oxygens (including phenoxy) is 1. The van der Waals surface area contributed by atoms with Gasteiger partial charge in [0.05, 0.1) is 7.11 Å². The van der Waals surface area contributed by atoms with Gasteiger partial charge in [0.15, 0.2) is 0 Å². The van der Waals surface area contributed by atoms with E-state index in [-0.39, 0.29) is 11.5 Å². The third kappa shape index (κ3) is 3.08. The monoisotopic (exact) mass is 329 g/mol. The summed E-state index contributed by atoms with van der Waals surface area (Å²) in [6, 6.07) is 4.45. The second kappa shape index (κ2) is 6.37. The molecule has 1 heterocycles. The first-order valence-corrected chi connectivity index (χ1v) is 7.47. The Balaban J connectivity index is 2.16. The summed E-state index contributed by atoms with van der Waals surface area (Å²) in [5.74, 6) is 0.106. The molecule has 0 bridgehead atoms. The molecule has 1 aliphatic heterocycles. The Bertz CT molecular complexity index is 459. The van der Waals surface area contributed by atoms with Crippen molar-refractivity contribution in [1.29, 1.82) is 0 Å². The molecule has 0 atom stereocenters. The number of carbonyl (C=O) groups is 1. The van der Waals surface area contributed by atoms with Crippen LogP contribution in [0.2, 0.25) is 0 Å². The van der Waals surface area contributed by atoms with E-state index in [9.17, 15) is 9.18 Å². The van der Waals surface area contributed by atoms with E-state index >= 15 is 0 Å². The highest BCUT2D eigenvalue weighted by molar-refractivity contribution is 9.09. The summed E-state index contributed by atoms with van der Waals surface area (Å²) < 4.78 is 18.9. The molecule has 1 fully saturated rings. The summed E-state index contributed by atoms with van der Waals surface area (Å²) in [7, 11) is 1.45. The van der Waals surface area contributed by atoms with Crippen molar-refractivity contribution in [3.05, 3.63) is 29.6 Å². The highest BCUT2D eigenvalue weighted by atomic mass is 79.9. The summed E-state index contributed by atoms with van der Waals surface area (Å²) in [4.78, 5) is 14.1. The molecule has 19 heavy (non-hydrogen) atoms. The molecule has 1 amide bonds. The highest BCUT2D eigenvalue weighted by Gasteiger charge is 2.27. The molecule has 5 heteroatoms. The lowest BCUT2D eigenvalue weighted by atomic mass is 9.98. The van der Waals surface area contributed by atoms with Crippen molar-refractivity contribution in [1.82, 2.24) is 4.90 Å². The largest absolute Gasteiger partial charge is 0.496 e. The number of rotatable bonds is 3. The van der Waals surface area contributed by atoms with Gasteiger partial charge < -0.3 is 9.64 Å². The summed E-state index contributed by atoms with van der Waals surface area (Å²) in [6.07, 6.45) is 1.90. The minimum absolute atomic E-state index is 0.0438. The zero-order valence-corrected chi connectivity index (χ0v) is 12.5. The van der Waals surface area contributed by atoms with Crippen molar-refractivity contribution in [2.24, 2.45) is 5.92 Å². The van der Waals surface area contributed by atoms with Crippen LogP contribution in [0.3, 0.4) is 0 Å². The SMILES string of the molecule is COc1cccc(F)c1C(=O)N1CCC(CBr)CC1. The number of halogens is 2. The smallest absolute Gasteiger partial charge is 0.260 e. The van der Waals surface area contributed by atoms with Gasteiger partial charge in [-0.1, -0.05) is 22.0 Å². The van der Waals surface area contributed by atoms with E-state index in [0.29, 0.717) is 24.8 Å². The number of benzene rings is 1. The van der Waals surface area contributed by atoms with E-state index in [2.05, 4.69) is 15.9 Å². The lowest BCUT2D eigenvalue weighted by Crippen LogP contribution is -2.39. The van der Waals surface area contributed by atoms with Gasteiger partial charge in [0.2, 0.25) is 0 Å². The fourth-order valence-electron chi connectivity index (χ4n) is 2.33. The van der Waals surface area contributed by atoms with Gasteiger partial charge in [-0.3, -0.25) is 4.79 Å². The number of likely N-dealkylation sites (tertiary alicyclic amines) is 1. The first kappa shape index (κ1) is 14.3. The average molecular weight is 330 g/mol. The third-order valence-corrected chi connectivity index (χ3v) is 4.44. The van der Waals surface area contributed by atoms with E-state index < -0.39 is 5.82 Å². The van der Waals surface area contributed by atoms with Crippen molar-refractivity contribution in [2.45, 2.75) is 12.8 Å². The Morgan fingerprint density at radius 1 is 1.47 bits per heavy atom. The standard InChI is InChI=1S/C14H17BrFNO2/c1-19-12-4-2-3-11(16)13(12)14(18)17-7-5-10(9-15)6-8-17/h2-4,10H,5-9H2,1H3. The van der Waals surface area contributed by atoms with E-state index in [1.807, 2.05) is 0 Å². The van der Waals surface area contributed by atoms with Crippen molar-refractivity contribution < 1.29 is 13.9 Å². The van der Waals surface area contributed by atoms with Gasteiger partial charge >= 0.3 is 0 Å². The van der Waals surface area contributed by atoms with Crippen LogP contribution >= 0.6 is 15.9 Å². The maximum Gasteiger partial charge on any atom is 0.260 e. The number of hydrogen-bond acceptors (Lipinski definition) is 2. The molecule has 1 aromatic carbocycles. The van der Waals surface area contributed by atoms with Crippen molar-refractivity contribution >= 4 is 21.8 Å². The Morgan fingerprint density at radius 3 is 2.74 bits per heavy atom. The molecular formula is C14H17BrFNO2. The topological polar surface area (TPSA) is 29.5 Å². The van der Waals surface area contributed by atoms with Crippen molar-refractivity contribution in [2.75, 3.05) is 25.5 Å². The van der Waals surface area contributed by atoms with Gasteiger partial charge in [-0.2, -0.15) is 0 Å². The van der Waals surface area contributed by atoms with Crippen LogP contribution in [0.15, 0.2) is 18.2 Å². The second-order valence-electron chi connectivity index (χ2n) is 4.71. The van der Waals surface area contributed by atoms with E-state index in [4.69, 9.17) is 4.74 Å². The summed E-state index contributed by atoms with van der Waals surface area (Å²) in [5.41, 5.74) is 0.0438. The molecule has 0 unspecified atom stereocenters. The first-order valence-electron chi connectivity index (χ1n) is 6.35. The van der Waals surface area contributed by atoms with Crippen LogP contribution in [0.5, 0.6) is 5.75 Å². The zero-order chi connectivity index (χ0) is 13.8. The Kier molecular flexibility index (Phi) is 4.80. The quantitative estimate of drug-likeness (QED) is 0.797. The molecule has 0 N–H and O–H groups in total. The number of hydrogen-bond donors (Lipinski definition) is 0. The zero-order valence-electron chi connectivity index (χ0n) is 10.9. The lowest BCUT2D eigenvalue weighted by molar-refractivity contribution is 0.0690. The molecule has 0 spiro atoms. The second-order valence-corrected chi connectivity index (χ2v) is 5.35. The molecule has 104 valence electrons. The van der Waals surface area contributed by atoms with Gasteiger partial charge in [-0.05, 0) is 30.9 Å². The van der Waals surface area contributed by atoms with Gasteiger partial charge in [0, 0.05) is 18.4 Å². The number of piperidine rings is 1. The van der Waals surface area contributed by atoms with Crippen LogP contribution in [0.1, 0.15) is 23.2 Å². The molecule has 3 nitrogen and oxygen atoms in total. The fraction of sp³-hybridized carbons (Fsp3) is 0.500. The number of alkyl halides is 1. The van der Waals surface area contributed by atoms with Gasteiger partial charge in [-0.25, -0.2) is 4.39 Å². The van der Waals surface area contributed by atoms with E-state index in [1.54, 1.807) is 17.0 Å². The highest BCUT2D eigenvalue weighted by Crippen LogP contribution is 2.26. The number of nitrogens with zero attached hydrogens (tertiary/aromatic N) is 1. The van der Waals surface area contributed by atoms with Crippen LogP contribution in [-0.4, -0.2) is 36.3 Å². The van der Waals surface area contributed by atoms with Gasteiger partial charge in [0.1, 0.15) is 17.1 Å². The number of methoxy groups -OCH3 is 1. The van der Waals surface area contributed by atoms with Crippen LogP contribution < -0.4 is 4.74 Å². The Morgan fingerprint density at radius 2 is 2.16 bits per heavy atom. The summed E-state index contributed by atoms with van der Waals surface area (Å²) >= 11 is 3.46. The van der Waals surface area contributed by atoms with Crippen LogP contribution in [0, 0.1) is 11.7 Å². The number of carbonyl (C=O) groups excluding carboxylic acids is 1. The first-order chi connectivity index (χ1) is 9.17. The molecule has 0 aromatic heterocycles. The predicted molar refractivity (Wildman–Crippen MR) is 75.4 cm³/mol. The summed E-state index contributed by atoms with van der Waals surface area (Å²) in [5, 5.41) is 0.956. The lowest BCUT2D eigenvalue weighted by Gasteiger charge is -2.31. The number of amides is 1. The maximum absolute atomic E-state index is 13.9. The Labute approximate surface area is 120 Å². The molecule has 0 saturated carbocycles. The maximum atomic E-state index is 13.9. The molecule has 2 rings (SSSR count). The Hall–Kier alpha value is -1.10. The van der Waals surface area contributed by atoms with Gasteiger partial charge in [0.25, 0.3) is 5.91 Å². The summed E-state index contributed by atoms with van der Waals surface area (Å²) in [6.45, 7) is 1.35. The molecule has 1 saturated heterocycles. The molecule has 0 aliphatic carbocycles. The van der Waals surface area contributed by atoms with Crippen LogP contribution in [-0.2, 0) is 0 Å². The minimum Gasteiger partial charge on any atom is -0.496 e. The predicted octanol–water partition coefficient (Wildman–Crippen LogP) is 3.08.